The highest BCUT2D eigenvalue weighted by atomic mass is 32.2. The van der Waals surface area contributed by atoms with Gasteiger partial charge in [-0.1, -0.05) is 29.1 Å². The minimum absolute atomic E-state index is 0.318. The van der Waals surface area contributed by atoms with Crippen molar-refractivity contribution in [1.29, 1.82) is 0 Å². The van der Waals surface area contributed by atoms with Gasteiger partial charge >= 0.3 is 0 Å². The van der Waals surface area contributed by atoms with Crippen LogP contribution in [0.5, 0.6) is 11.5 Å². The number of thioether (sulfide) groups is 1. The Balaban J connectivity index is 1.23. The molecule has 3 aromatic heterocycles. The molecule has 27 heavy (non-hydrogen) atoms. The quantitative estimate of drug-likeness (QED) is 0.461. The van der Waals surface area contributed by atoms with Crippen molar-refractivity contribution in [2.24, 2.45) is 0 Å². The summed E-state index contributed by atoms with van der Waals surface area (Å²) in [6.07, 6.45) is -0.433. The summed E-state index contributed by atoms with van der Waals surface area (Å²) in [6, 6.07) is 9.41. The van der Waals surface area contributed by atoms with E-state index in [0.29, 0.717) is 46.7 Å². The highest BCUT2D eigenvalue weighted by Crippen LogP contribution is 2.36. The third kappa shape index (κ3) is 3.40. The van der Waals surface area contributed by atoms with Crippen molar-refractivity contribution in [3.05, 3.63) is 52.8 Å². The second kappa shape index (κ2) is 7.05. The van der Waals surface area contributed by atoms with E-state index in [0.717, 1.165) is 5.56 Å². The highest BCUT2D eigenvalue weighted by Gasteiger charge is 2.27. The van der Waals surface area contributed by atoms with E-state index < -0.39 is 6.10 Å². The van der Waals surface area contributed by atoms with E-state index in [4.69, 9.17) is 18.4 Å². The van der Waals surface area contributed by atoms with Gasteiger partial charge in [0.05, 0.1) is 11.3 Å². The Morgan fingerprint density at radius 2 is 2.07 bits per heavy atom. The summed E-state index contributed by atoms with van der Waals surface area (Å²) in [4.78, 5) is 4.36. The topological polar surface area (TPSA) is 96.3 Å². The van der Waals surface area contributed by atoms with E-state index in [9.17, 15) is 0 Å². The van der Waals surface area contributed by atoms with E-state index in [1.54, 1.807) is 11.3 Å². The minimum Gasteiger partial charge on any atom is -0.485 e. The summed E-state index contributed by atoms with van der Waals surface area (Å²) in [5.41, 5.74) is 0.915. The van der Waals surface area contributed by atoms with Crippen LogP contribution in [-0.2, 0) is 5.75 Å². The number of hydrogen-bond acceptors (Lipinski definition) is 10. The maximum absolute atomic E-state index is 5.87. The first-order valence-corrected chi connectivity index (χ1v) is 9.98. The minimum atomic E-state index is -0.433. The number of aromatic nitrogens is 4. The van der Waals surface area contributed by atoms with Crippen molar-refractivity contribution < 1.29 is 18.4 Å². The van der Waals surface area contributed by atoms with Crippen LogP contribution in [0.2, 0.25) is 0 Å². The molecule has 0 saturated carbocycles. The normalized spacial score (nSPS) is 15.8. The van der Waals surface area contributed by atoms with Crippen molar-refractivity contribution >= 4 is 23.1 Å². The van der Waals surface area contributed by atoms with Crippen LogP contribution in [0.3, 0.4) is 0 Å². The average Bonchev–Trinajstić information content (AvgIpc) is 3.47. The van der Waals surface area contributed by atoms with Crippen LogP contribution in [0.15, 0.2) is 55.3 Å². The number of hydrogen-bond donors (Lipinski definition) is 0. The number of rotatable bonds is 5. The Bertz CT molecular complexity index is 1050. The van der Waals surface area contributed by atoms with Gasteiger partial charge in [0.1, 0.15) is 6.61 Å². The van der Waals surface area contributed by atoms with E-state index in [1.807, 2.05) is 41.1 Å². The van der Waals surface area contributed by atoms with Gasteiger partial charge in [0.15, 0.2) is 17.3 Å². The Labute approximate surface area is 161 Å². The van der Waals surface area contributed by atoms with Crippen molar-refractivity contribution in [3.8, 4) is 23.0 Å². The Morgan fingerprint density at radius 1 is 1.15 bits per heavy atom. The van der Waals surface area contributed by atoms with E-state index in [2.05, 4.69) is 20.3 Å². The molecule has 0 aliphatic carbocycles. The van der Waals surface area contributed by atoms with Gasteiger partial charge in [0.25, 0.3) is 17.0 Å². The molecule has 0 radical (unpaired) electrons. The molecule has 1 atom stereocenters. The molecular formula is C17H12N4O4S2. The summed E-state index contributed by atoms with van der Waals surface area (Å²) < 4.78 is 22.5. The van der Waals surface area contributed by atoms with Gasteiger partial charge in [0, 0.05) is 5.38 Å². The number of ether oxygens (including phenoxy) is 2. The zero-order valence-electron chi connectivity index (χ0n) is 13.8. The molecule has 1 aromatic carbocycles. The highest BCUT2D eigenvalue weighted by molar-refractivity contribution is 7.98. The molecule has 5 rings (SSSR count). The third-order valence-electron chi connectivity index (χ3n) is 3.77. The maximum Gasteiger partial charge on any atom is 0.277 e. The lowest BCUT2D eigenvalue weighted by atomic mass is 10.2. The molecule has 0 saturated heterocycles. The third-order valence-corrected chi connectivity index (χ3v) is 5.26. The predicted molar refractivity (Wildman–Crippen MR) is 96.8 cm³/mol. The van der Waals surface area contributed by atoms with Gasteiger partial charge in [-0.15, -0.1) is 10.2 Å². The van der Waals surface area contributed by atoms with Crippen LogP contribution in [0.1, 0.15) is 17.8 Å². The molecule has 136 valence electrons. The van der Waals surface area contributed by atoms with Gasteiger partial charge in [-0.25, -0.2) is 0 Å². The average molecular weight is 400 g/mol. The number of benzene rings is 1. The van der Waals surface area contributed by atoms with Crippen LogP contribution < -0.4 is 9.47 Å². The largest absolute Gasteiger partial charge is 0.485 e. The molecule has 1 unspecified atom stereocenters. The zero-order valence-corrected chi connectivity index (χ0v) is 15.4. The number of nitrogens with zero attached hydrogens (tertiary/aromatic N) is 4. The molecule has 0 spiro atoms. The Kier molecular flexibility index (Phi) is 4.26. The molecule has 0 amide bonds. The van der Waals surface area contributed by atoms with Gasteiger partial charge < -0.3 is 18.4 Å². The van der Waals surface area contributed by atoms with Crippen LogP contribution in [0, 0.1) is 0 Å². The predicted octanol–water partition coefficient (Wildman–Crippen LogP) is 3.99. The SMILES string of the molecule is c1ccc2c(c1)OCC(c1nnc(SCc3noc(-c4ccsc4)n3)o1)O2. The van der Waals surface area contributed by atoms with Crippen molar-refractivity contribution in [1.82, 2.24) is 20.3 Å². The van der Waals surface area contributed by atoms with Gasteiger partial charge in [-0.2, -0.15) is 16.3 Å². The Hall–Kier alpha value is -2.85. The molecule has 4 heterocycles. The first kappa shape index (κ1) is 16.3. The molecular weight excluding hydrogens is 388 g/mol. The van der Waals surface area contributed by atoms with Crippen LogP contribution in [-0.4, -0.2) is 26.9 Å². The van der Waals surface area contributed by atoms with Crippen LogP contribution in [0.4, 0.5) is 0 Å². The summed E-state index contributed by atoms with van der Waals surface area (Å²) in [5, 5.41) is 16.4. The second-order valence-corrected chi connectivity index (χ2v) is 7.29. The first-order chi connectivity index (χ1) is 13.3. The number of para-hydroxylation sites is 2. The van der Waals surface area contributed by atoms with Crippen molar-refractivity contribution in [2.45, 2.75) is 17.1 Å². The lowest BCUT2D eigenvalue weighted by Gasteiger charge is -2.23. The number of fused-ring (bicyclic) bond motifs is 1. The standard InChI is InChI=1S/C17H12N4O4S2/c1-2-4-12-11(3-1)22-7-13(23-12)16-19-20-17(24-16)27-9-14-18-15(25-21-14)10-5-6-26-8-10/h1-6,8,13H,7,9H2. The van der Waals surface area contributed by atoms with E-state index in [-0.39, 0.29) is 0 Å². The summed E-state index contributed by atoms with van der Waals surface area (Å²) in [7, 11) is 0. The van der Waals surface area contributed by atoms with Crippen LogP contribution >= 0.6 is 23.1 Å². The van der Waals surface area contributed by atoms with Crippen LogP contribution in [0.25, 0.3) is 11.5 Å². The van der Waals surface area contributed by atoms with Gasteiger partial charge in [0.2, 0.25) is 6.10 Å². The molecule has 10 heteroatoms. The molecule has 1 aliphatic rings. The van der Waals surface area contributed by atoms with Gasteiger partial charge in [-0.05, 0) is 23.6 Å². The lowest BCUT2D eigenvalue weighted by Crippen LogP contribution is -2.21. The Morgan fingerprint density at radius 3 is 2.96 bits per heavy atom. The lowest BCUT2D eigenvalue weighted by molar-refractivity contribution is 0.0686. The van der Waals surface area contributed by atoms with E-state index in [1.165, 1.54) is 11.8 Å². The fraction of sp³-hybridized carbons (Fsp3) is 0.176. The summed E-state index contributed by atoms with van der Waals surface area (Å²) in [5.74, 6) is 3.27. The van der Waals surface area contributed by atoms with E-state index >= 15 is 0 Å². The van der Waals surface area contributed by atoms with Crippen molar-refractivity contribution in [2.75, 3.05) is 6.61 Å². The molecule has 4 aromatic rings. The summed E-state index contributed by atoms with van der Waals surface area (Å²) in [6.45, 7) is 0.318. The molecule has 0 bridgehead atoms. The van der Waals surface area contributed by atoms with Gasteiger partial charge in [-0.3, -0.25) is 0 Å². The molecule has 1 aliphatic heterocycles. The summed E-state index contributed by atoms with van der Waals surface area (Å²) >= 11 is 2.91. The first-order valence-electron chi connectivity index (χ1n) is 8.05. The zero-order chi connectivity index (χ0) is 18.1. The maximum atomic E-state index is 5.87. The van der Waals surface area contributed by atoms with Crippen molar-refractivity contribution in [3.63, 3.8) is 0 Å². The molecule has 0 fully saturated rings. The second-order valence-electron chi connectivity index (χ2n) is 5.59. The fourth-order valence-corrected chi connectivity index (χ4v) is 3.73. The molecule has 8 nitrogen and oxygen atoms in total. The smallest absolute Gasteiger partial charge is 0.277 e. The molecule has 0 N–H and O–H groups in total. The number of thiophene rings is 1. The monoisotopic (exact) mass is 400 g/mol. The fourth-order valence-electron chi connectivity index (χ4n) is 2.49.